The SMILES string of the molecule is COc1cc(-c2ccc3cc(C(=O)NC4(C(=O)NC5(C#N)CC5)CCC(F)(F)CC4)oc3c2)ccc1N(C)S(C)(=O)=O. The first-order valence-electron chi connectivity index (χ1n) is 13.3. The van der Waals surface area contributed by atoms with E-state index < -0.39 is 51.7 Å². The van der Waals surface area contributed by atoms with Crippen molar-refractivity contribution in [3.8, 4) is 22.9 Å². The molecule has 0 unspecified atom stereocenters. The highest BCUT2D eigenvalue weighted by molar-refractivity contribution is 7.92. The molecule has 0 aliphatic heterocycles. The van der Waals surface area contributed by atoms with Crippen molar-refractivity contribution in [3.63, 3.8) is 0 Å². The molecule has 0 spiro atoms. The fourth-order valence-corrected chi connectivity index (χ4v) is 5.58. The Labute approximate surface area is 241 Å². The summed E-state index contributed by atoms with van der Waals surface area (Å²) in [6.45, 7) is 0. The maximum Gasteiger partial charge on any atom is 0.287 e. The zero-order chi connectivity index (χ0) is 30.5. The molecule has 1 heterocycles. The predicted octanol–water partition coefficient (Wildman–Crippen LogP) is 4.35. The fourth-order valence-electron chi connectivity index (χ4n) is 5.08. The second kappa shape index (κ2) is 10.3. The number of ether oxygens (including phenoxy) is 1. The maximum atomic E-state index is 14.0. The number of furan rings is 1. The minimum atomic E-state index is -3.51. The maximum absolute atomic E-state index is 14.0. The third-order valence-electron chi connectivity index (χ3n) is 8.03. The molecule has 2 saturated carbocycles. The number of benzene rings is 2. The summed E-state index contributed by atoms with van der Waals surface area (Å²) in [5.74, 6) is -4.09. The Balaban J connectivity index is 1.41. The average Bonchev–Trinajstić information content (AvgIpc) is 3.59. The number of carbonyl (C=O) groups is 2. The van der Waals surface area contributed by atoms with Crippen LogP contribution in [0.1, 0.15) is 49.1 Å². The molecule has 13 heteroatoms. The minimum Gasteiger partial charge on any atom is -0.495 e. The predicted molar refractivity (Wildman–Crippen MR) is 151 cm³/mol. The van der Waals surface area contributed by atoms with Crippen LogP contribution < -0.4 is 19.7 Å². The molecule has 42 heavy (non-hydrogen) atoms. The average molecular weight is 601 g/mol. The molecule has 10 nitrogen and oxygen atoms in total. The fraction of sp³-hybridized carbons (Fsp3) is 0.414. The second-order valence-electron chi connectivity index (χ2n) is 11.0. The molecule has 0 bridgehead atoms. The smallest absolute Gasteiger partial charge is 0.287 e. The molecule has 2 aromatic carbocycles. The van der Waals surface area contributed by atoms with Crippen LogP contribution in [-0.2, 0) is 14.8 Å². The van der Waals surface area contributed by atoms with Gasteiger partial charge in [-0.1, -0.05) is 18.2 Å². The van der Waals surface area contributed by atoms with Crippen LogP contribution >= 0.6 is 0 Å². The summed E-state index contributed by atoms with van der Waals surface area (Å²) in [6.07, 6.45) is 0.296. The number of methoxy groups -OCH3 is 1. The van der Waals surface area contributed by atoms with E-state index in [9.17, 15) is 32.0 Å². The van der Waals surface area contributed by atoms with E-state index in [1.807, 2.05) is 0 Å². The van der Waals surface area contributed by atoms with Gasteiger partial charge in [-0.25, -0.2) is 17.2 Å². The van der Waals surface area contributed by atoms with E-state index in [1.54, 1.807) is 36.4 Å². The largest absolute Gasteiger partial charge is 0.495 e. The number of nitriles is 1. The molecule has 2 N–H and O–H groups in total. The number of anilines is 1. The van der Waals surface area contributed by atoms with Crippen molar-refractivity contribution in [1.82, 2.24) is 10.6 Å². The third kappa shape index (κ3) is 5.63. The number of carbonyl (C=O) groups excluding carboxylic acids is 2. The highest BCUT2D eigenvalue weighted by Crippen LogP contribution is 2.41. The molecule has 0 radical (unpaired) electrons. The topological polar surface area (TPSA) is 142 Å². The number of hydrogen-bond acceptors (Lipinski definition) is 7. The Morgan fingerprint density at radius 3 is 2.24 bits per heavy atom. The van der Waals surface area contributed by atoms with Gasteiger partial charge in [0.1, 0.15) is 22.4 Å². The number of nitrogens with zero attached hydrogens (tertiary/aromatic N) is 2. The molecular formula is C29H30F2N4O6S. The van der Waals surface area contributed by atoms with Crippen molar-refractivity contribution in [3.05, 3.63) is 48.2 Å². The normalized spacial score (nSPS) is 18.5. The summed E-state index contributed by atoms with van der Waals surface area (Å²) in [7, 11) is -0.650. The molecule has 2 aliphatic rings. The molecular weight excluding hydrogens is 570 g/mol. The molecule has 0 saturated heterocycles. The number of halogens is 2. The zero-order valence-electron chi connectivity index (χ0n) is 23.3. The summed E-state index contributed by atoms with van der Waals surface area (Å²) in [5, 5.41) is 15.3. The van der Waals surface area contributed by atoms with Crippen LogP contribution in [-0.4, -0.2) is 57.6 Å². The summed E-state index contributed by atoms with van der Waals surface area (Å²) in [4.78, 5) is 26.6. The van der Waals surface area contributed by atoms with E-state index >= 15 is 0 Å². The molecule has 2 amide bonds. The van der Waals surface area contributed by atoms with Crippen LogP contribution in [0.15, 0.2) is 46.9 Å². The van der Waals surface area contributed by atoms with Crippen LogP contribution in [0.3, 0.4) is 0 Å². The van der Waals surface area contributed by atoms with Gasteiger partial charge < -0.3 is 19.8 Å². The lowest BCUT2D eigenvalue weighted by molar-refractivity contribution is -0.133. The Morgan fingerprint density at radius 1 is 1.00 bits per heavy atom. The van der Waals surface area contributed by atoms with Crippen LogP contribution in [0.5, 0.6) is 5.75 Å². The highest BCUT2D eigenvalue weighted by atomic mass is 32.2. The number of amides is 2. The number of fused-ring (bicyclic) bond motifs is 1. The lowest BCUT2D eigenvalue weighted by Crippen LogP contribution is -2.62. The number of hydrogen-bond donors (Lipinski definition) is 2. The standard InChI is InChI=1S/C29H30F2N4O6S/c1-35(42(3,38)39)21-7-6-19(15-23(21)40-2)18-4-5-20-16-24(41-22(20)14-18)25(36)33-28(10-12-29(30,31)13-11-28)26(37)34-27(17-32)8-9-27/h4-7,14-16H,8-13H2,1-3H3,(H,33,36)(H,34,37). The van der Waals surface area contributed by atoms with Gasteiger partial charge >= 0.3 is 0 Å². The van der Waals surface area contributed by atoms with Gasteiger partial charge in [-0.3, -0.25) is 13.9 Å². The lowest BCUT2D eigenvalue weighted by atomic mass is 9.78. The van der Waals surface area contributed by atoms with Crippen LogP contribution in [0.4, 0.5) is 14.5 Å². The molecule has 0 atom stereocenters. The Hall–Kier alpha value is -4.18. The Morgan fingerprint density at radius 2 is 1.64 bits per heavy atom. The van der Waals surface area contributed by atoms with Gasteiger partial charge in [-0.15, -0.1) is 0 Å². The molecule has 1 aromatic heterocycles. The van der Waals surface area contributed by atoms with Crippen LogP contribution in [0.25, 0.3) is 22.1 Å². The molecule has 5 rings (SSSR count). The molecule has 222 valence electrons. The molecule has 2 fully saturated rings. The van der Waals surface area contributed by atoms with Gasteiger partial charge in [0, 0.05) is 25.3 Å². The Bertz CT molecular complexity index is 1720. The number of sulfonamides is 1. The van der Waals surface area contributed by atoms with Gasteiger partial charge in [0.15, 0.2) is 5.76 Å². The van der Waals surface area contributed by atoms with Crippen molar-refractivity contribution in [2.24, 2.45) is 0 Å². The highest BCUT2D eigenvalue weighted by Gasteiger charge is 2.53. The third-order valence-corrected chi connectivity index (χ3v) is 9.22. The number of rotatable bonds is 8. The lowest BCUT2D eigenvalue weighted by Gasteiger charge is -2.39. The van der Waals surface area contributed by atoms with Gasteiger partial charge in [0.2, 0.25) is 21.9 Å². The van der Waals surface area contributed by atoms with Crippen molar-refractivity contribution in [1.29, 1.82) is 5.26 Å². The number of alkyl halides is 2. The first-order chi connectivity index (χ1) is 19.7. The van der Waals surface area contributed by atoms with Crippen LogP contribution in [0, 0.1) is 11.3 Å². The van der Waals surface area contributed by atoms with Gasteiger partial charge in [-0.2, -0.15) is 5.26 Å². The van der Waals surface area contributed by atoms with Crippen LogP contribution in [0.2, 0.25) is 0 Å². The first-order valence-corrected chi connectivity index (χ1v) is 15.1. The van der Waals surface area contributed by atoms with E-state index in [2.05, 4.69) is 16.7 Å². The first kappa shape index (κ1) is 29.3. The van der Waals surface area contributed by atoms with Crippen molar-refractivity contribution in [2.45, 2.75) is 55.5 Å². The van der Waals surface area contributed by atoms with Crippen molar-refractivity contribution >= 4 is 38.5 Å². The van der Waals surface area contributed by atoms with Gasteiger partial charge in [-0.05, 0) is 61.1 Å². The monoisotopic (exact) mass is 600 g/mol. The second-order valence-corrected chi connectivity index (χ2v) is 13.0. The number of nitrogens with one attached hydrogen (secondary N) is 2. The summed E-state index contributed by atoms with van der Waals surface area (Å²) in [6, 6.07) is 13.8. The zero-order valence-corrected chi connectivity index (χ0v) is 24.1. The minimum absolute atomic E-state index is 0.101. The van der Waals surface area contributed by atoms with E-state index in [4.69, 9.17) is 9.15 Å². The quantitative estimate of drug-likeness (QED) is 0.391. The van der Waals surface area contributed by atoms with E-state index in [0.29, 0.717) is 46.4 Å². The molecule has 2 aliphatic carbocycles. The molecule has 3 aromatic rings. The van der Waals surface area contributed by atoms with Crippen molar-refractivity contribution < 1.29 is 35.9 Å². The van der Waals surface area contributed by atoms with E-state index in [-0.39, 0.29) is 18.6 Å². The van der Waals surface area contributed by atoms with Gasteiger partial charge in [0.05, 0.1) is 25.1 Å². The van der Waals surface area contributed by atoms with E-state index in [0.717, 1.165) is 10.6 Å². The summed E-state index contributed by atoms with van der Waals surface area (Å²) < 4.78 is 64.4. The van der Waals surface area contributed by atoms with Crippen molar-refractivity contribution in [2.75, 3.05) is 24.7 Å². The van der Waals surface area contributed by atoms with Gasteiger partial charge in [0.25, 0.3) is 5.91 Å². The van der Waals surface area contributed by atoms with E-state index in [1.165, 1.54) is 20.2 Å². The summed E-state index contributed by atoms with van der Waals surface area (Å²) >= 11 is 0. The summed E-state index contributed by atoms with van der Waals surface area (Å²) in [5.41, 5.74) is -0.496. The Kier molecular flexibility index (Phi) is 7.17.